The van der Waals surface area contributed by atoms with E-state index in [2.05, 4.69) is 0 Å². The van der Waals surface area contributed by atoms with Crippen molar-refractivity contribution in [2.75, 3.05) is 0 Å². The van der Waals surface area contributed by atoms with E-state index in [1.54, 1.807) is 12.1 Å². The molecule has 1 atom stereocenters. The summed E-state index contributed by atoms with van der Waals surface area (Å²) in [5, 5.41) is 0.634. The maximum atomic E-state index is 11.1. The first-order chi connectivity index (χ1) is 5.38. The van der Waals surface area contributed by atoms with Crippen LogP contribution in [0, 0.1) is 0 Å². The van der Waals surface area contributed by atoms with Gasteiger partial charge in [-0.25, -0.2) is 0 Å². The lowest BCUT2D eigenvalue weighted by atomic mass is 10.2. The van der Waals surface area contributed by atoms with Gasteiger partial charge in [0.1, 0.15) is 5.58 Å². The topological polar surface area (TPSA) is 30.2 Å². The summed E-state index contributed by atoms with van der Waals surface area (Å²) < 4.78 is 5.09. The summed E-state index contributed by atoms with van der Waals surface area (Å²) in [6.45, 7) is 0. The highest BCUT2D eigenvalue weighted by Gasteiger charge is 1.95. The first kappa shape index (κ1) is 8.95. The van der Waals surface area contributed by atoms with Crippen LogP contribution in [-0.2, 0) is 0 Å². The van der Waals surface area contributed by atoms with Crippen LogP contribution in [0.3, 0.4) is 0 Å². The van der Waals surface area contributed by atoms with E-state index in [9.17, 15) is 4.79 Å². The second kappa shape index (κ2) is 3.51. The Labute approximate surface area is 72.8 Å². The molecule has 1 heterocycles. The maximum absolute atomic E-state index is 11.1. The van der Waals surface area contributed by atoms with Crippen molar-refractivity contribution in [3.8, 4) is 0 Å². The Bertz CT molecular complexity index is 428. The molecular formula is C9H9O2P. The number of para-hydroxylation sites is 1. The van der Waals surface area contributed by atoms with Crippen LogP contribution in [0.1, 0.15) is 0 Å². The van der Waals surface area contributed by atoms with E-state index < -0.39 is 0 Å². The van der Waals surface area contributed by atoms with Gasteiger partial charge < -0.3 is 4.42 Å². The first-order valence-corrected chi connectivity index (χ1v) is 3.34. The third kappa shape index (κ3) is 1.39. The molecule has 0 aliphatic carbocycles. The summed E-state index contributed by atoms with van der Waals surface area (Å²) in [5.41, 5.74) is 0.645. The molecule has 0 saturated carbocycles. The van der Waals surface area contributed by atoms with Crippen LogP contribution in [0.4, 0.5) is 0 Å². The Hall–Kier alpha value is -1.14. The van der Waals surface area contributed by atoms with E-state index in [-0.39, 0.29) is 15.3 Å². The van der Waals surface area contributed by atoms with Gasteiger partial charge in [0.05, 0.1) is 11.6 Å². The molecule has 0 amide bonds. The van der Waals surface area contributed by atoms with E-state index >= 15 is 0 Å². The lowest BCUT2D eigenvalue weighted by molar-refractivity contribution is 0.602. The molecule has 0 aliphatic rings. The first-order valence-electron chi connectivity index (χ1n) is 3.34. The summed E-state index contributed by atoms with van der Waals surface area (Å²) in [6, 6.07) is 8.60. The minimum atomic E-state index is 0. The highest BCUT2D eigenvalue weighted by molar-refractivity contribution is 6.92. The van der Waals surface area contributed by atoms with Crippen LogP contribution in [-0.4, -0.2) is 0 Å². The number of benzene rings is 1. The number of hydrogen-bond donors (Lipinski definition) is 0. The van der Waals surface area contributed by atoms with Crippen LogP contribution in [0.2, 0.25) is 0 Å². The van der Waals surface area contributed by atoms with Crippen molar-refractivity contribution >= 4 is 20.9 Å². The molecule has 0 N–H and O–H groups in total. The molecular weight excluding hydrogens is 171 g/mol. The molecule has 0 radical (unpaired) electrons. The van der Waals surface area contributed by atoms with Crippen LogP contribution >= 0.6 is 9.90 Å². The Kier molecular flexibility index (Phi) is 2.61. The average molecular weight is 180 g/mol. The van der Waals surface area contributed by atoms with Gasteiger partial charge in [-0.05, 0) is 12.1 Å². The molecule has 0 saturated heterocycles. The zero-order chi connectivity index (χ0) is 7.68. The molecule has 2 rings (SSSR count). The number of hydrogen-bond acceptors (Lipinski definition) is 2. The van der Waals surface area contributed by atoms with Crippen LogP contribution < -0.4 is 5.43 Å². The summed E-state index contributed by atoms with van der Waals surface area (Å²) in [5.74, 6) is 0. The van der Waals surface area contributed by atoms with Crippen LogP contribution in [0.15, 0.2) is 45.8 Å². The van der Waals surface area contributed by atoms with Gasteiger partial charge in [0.15, 0.2) is 5.43 Å². The molecule has 1 aromatic carbocycles. The lowest BCUT2D eigenvalue weighted by Gasteiger charge is -1.91. The van der Waals surface area contributed by atoms with Crippen molar-refractivity contribution in [3.05, 3.63) is 46.8 Å². The Morgan fingerprint density at radius 3 is 2.58 bits per heavy atom. The van der Waals surface area contributed by atoms with Crippen molar-refractivity contribution in [1.82, 2.24) is 0 Å². The van der Waals surface area contributed by atoms with Gasteiger partial charge >= 0.3 is 0 Å². The van der Waals surface area contributed by atoms with Gasteiger partial charge in [-0.1, -0.05) is 12.1 Å². The number of fused-ring (bicyclic) bond motifs is 1. The Morgan fingerprint density at radius 2 is 1.83 bits per heavy atom. The average Bonchev–Trinajstić information content (AvgIpc) is 2.06. The molecule has 1 aromatic heterocycles. The molecule has 0 aliphatic heterocycles. The van der Waals surface area contributed by atoms with Gasteiger partial charge in [0.2, 0.25) is 0 Å². The fraction of sp³-hybridized carbons (Fsp3) is 0. The van der Waals surface area contributed by atoms with Crippen molar-refractivity contribution in [1.29, 1.82) is 0 Å². The maximum Gasteiger partial charge on any atom is 0.192 e. The summed E-state index contributed by atoms with van der Waals surface area (Å²) in [6.07, 6.45) is 1.41. The van der Waals surface area contributed by atoms with E-state index in [0.29, 0.717) is 11.0 Å². The minimum absolute atomic E-state index is 0. The largest absolute Gasteiger partial charge is 0.464 e. The van der Waals surface area contributed by atoms with Crippen molar-refractivity contribution < 1.29 is 4.42 Å². The fourth-order valence-corrected chi connectivity index (χ4v) is 1.03. The summed E-state index contributed by atoms with van der Waals surface area (Å²) in [4.78, 5) is 11.1. The lowest BCUT2D eigenvalue weighted by Crippen LogP contribution is -1.96. The molecule has 1 unspecified atom stereocenters. The highest BCUT2D eigenvalue weighted by Crippen LogP contribution is 2.06. The fourth-order valence-electron chi connectivity index (χ4n) is 1.03. The normalized spacial score (nSPS) is 9.33. The third-order valence-electron chi connectivity index (χ3n) is 1.57. The van der Waals surface area contributed by atoms with Crippen molar-refractivity contribution in [3.63, 3.8) is 0 Å². The molecule has 62 valence electrons. The second-order valence-corrected chi connectivity index (χ2v) is 2.28. The zero-order valence-electron chi connectivity index (χ0n) is 6.49. The van der Waals surface area contributed by atoms with Crippen LogP contribution in [0.25, 0.3) is 11.0 Å². The van der Waals surface area contributed by atoms with Gasteiger partial charge in [0.25, 0.3) is 0 Å². The predicted molar refractivity (Wildman–Crippen MR) is 53.6 cm³/mol. The summed E-state index contributed by atoms with van der Waals surface area (Å²) >= 11 is 0. The van der Waals surface area contributed by atoms with Gasteiger partial charge in [-0.15, -0.1) is 0 Å². The number of rotatable bonds is 0. The quantitative estimate of drug-likeness (QED) is 0.579. The van der Waals surface area contributed by atoms with E-state index in [1.807, 2.05) is 12.1 Å². The molecule has 2 nitrogen and oxygen atoms in total. The van der Waals surface area contributed by atoms with Gasteiger partial charge in [-0.2, -0.15) is 9.90 Å². The van der Waals surface area contributed by atoms with E-state index in [0.717, 1.165) is 0 Å². The Balaban J connectivity index is 0.000000720. The highest BCUT2D eigenvalue weighted by atomic mass is 31.0. The van der Waals surface area contributed by atoms with Gasteiger partial charge in [0, 0.05) is 6.07 Å². The summed E-state index contributed by atoms with van der Waals surface area (Å²) in [7, 11) is 0. The Morgan fingerprint density at radius 1 is 1.08 bits per heavy atom. The molecule has 0 spiro atoms. The SMILES string of the molecule is O=c1ccoc2ccccc12.P. The second-order valence-electron chi connectivity index (χ2n) is 2.28. The third-order valence-corrected chi connectivity index (χ3v) is 1.57. The predicted octanol–water partition coefficient (Wildman–Crippen LogP) is 1.85. The molecule has 0 fully saturated rings. The molecule has 0 bridgehead atoms. The monoisotopic (exact) mass is 180 g/mol. The molecule has 12 heavy (non-hydrogen) atoms. The van der Waals surface area contributed by atoms with E-state index in [4.69, 9.17) is 4.42 Å². The molecule has 3 heteroatoms. The zero-order valence-corrected chi connectivity index (χ0v) is 7.90. The van der Waals surface area contributed by atoms with Crippen molar-refractivity contribution in [2.45, 2.75) is 0 Å². The smallest absolute Gasteiger partial charge is 0.192 e. The van der Waals surface area contributed by atoms with Crippen LogP contribution in [0.5, 0.6) is 0 Å². The van der Waals surface area contributed by atoms with E-state index in [1.165, 1.54) is 12.3 Å². The standard InChI is InChI=1S/C9H6O2.H3P/c10-8-5-6-11-9-4-2-1-3-7(8)9;/h1-6H;1H3. The molecule has 2 aromatic rings. The van der Waals surface area contributed by atoms with Gasteiger partial charge in [-0.3, -0.25) is 4.79 Å². The van der Waals surface area contributed by atoms with Crippen molar-refractivity contribution in [2.24, 2.45) is 0 Å². The minimum Gasteiger partial charge on any atom is -0.464 e.